The van der Waals surface area contributed by atoms with E-state index in [2.05, 4.69) is 29.0 Å². The second-order valence-corrected chi connectivity index (χ2v) is 13.8. The van der Waals surface area contributed by atoms with Crippen molar-refractivity contribution in [1.29, 1.82) is 0 Å². The van der Waals surface area contributed by atoms with Crippen molar-refractivity contribution in [2.45, 2.75) is 98.9 Å². The van der Waals surface area contributed by atoms with E-state index in [4.69, 9.17) is 0 Å². The van der Waals surface area contributed by atoms with Crippen LogP contribution in [0.15, 0.2) is 29.2 Å². The van der Waals surface area contributed by atoms with Crippen LogP contribution in [0.4, 0.5) is 13.2 Å². The number of rotatable bonds is 8. The van der Waals surface area contributed by atoms with E-state index < -0.39 is 21.9 Å². The van der Waals surface area contributed by atoms with Crippen molar-refractivity contribution in [3.63, 3.8) is 0 Å². The zero-order valence-corrected chi connectivity index (χ0v) is 23.0. The average molecular weight is 606 g/mol. The Morgan fingerprint density at radius 1 is 1.10 bits per heavy atom. The first-order valence-electron chi connectivity index (χ1n) is 12.8. The molecule has 11 heteroatoms. The molecule has 0 spiro atoms. The van der Waals surface area contributed by atoms with Gasteiger partial charge < -0.3 is 5.32 Å². The van der Waals surface area contributed by atoms with E-state index in [1.165, 1.54) is 11.3 Å². The van der Waals surface area contributed by atoms with E-state index in [9.17, 15) is 26.4 Å². The van der Waals surface area contributed by atoms with Crippen molar-refractivity contribution < 1.29 is 26.4 Å². The number of nitrogens with one attached hydrogen (secondary N) is 1. The van der Waals surface area contributed by atoms with E-state index in [1.807, 2.05) is 0 Å². The van der Waals surface area contributed by atoms with E-state index >= 15 is 0 Å². The molecule has 1 N–H and O–H groups in total. The number of halogens is 3. The Bertz CT molecular complexity index is 1200. The molecular weight excluding hydrogens is 559 g/mol. The van der Waals surface area contributed by atoms with Gasteiger partial charge in [-0.05, 0) is 55.2 Å². The van der Waals surface area contributed by atoms with Gasteiger partial charge in [0, 0.05) is 24.5 Å². The number of sulfone groups is 1. The Morgan fingerprint density at radius 3 is 2.23 bits per heavy atom. The molecule has 1 aliphatic heterocycles. The third-order valence-electron chi connectivity index (χ3n) is 7.49. The number of nitrogens with zero attached hydrogens (tertiary/aromatic N) is 2. The van der Waals surface area contributed by atoms with Gasteiger partial charge in [0.25, 0.3) is 5.91 Å². The summed E-state index contributed by atoms with van der Waals surface area (Å²) in [5, 5.41) is 3.26. The topological polar surface area (TPSA) is 79.4 Å². The van der Waals surface area contributed by atoms with E-state index in [0.29, 0.717) is 24.4 Å². The monoisotopic (exact) mass is 605 g/mol. The Kier molecular flexibility index (Phi) is 12.9. The Labute approximate surface area is 242 Å². The molecule has 1 aromatic carbocycles. The van der Waals surface area contributed by atoms with Crippen LogP contribution in [0, 0.1) is 17.8 Å². The van der Waals surface area contributed by atoms with Gasteiger partial charge in [0.05, 0.1) is 28.3 Å². The molecule has 6 nitrogen and oxygen atoms in total. The van der Waals surface area contributed by atoms with Crippen LogP contribution < -0.4 is 5.32 Å². The Balaban J connectivity index is 0.00000267. The van der Waals surface area contributed by atoms with Gasteiger partial charge in [-0.3, -0.25) is 9.69 Å². The third kappa shape index (κ3) is 8.06. The number of carbonyl (C=O) groups is 1. The van der Waals surface area contributed by atoms with E-state index in [-0.39, 0.29) is 76.1 Å². The summed E-state index contributed by atoms with van der Waals surface area (Å²) in [6, 6.07) is 6.53. The van der Waals surface area contributed by atoms with Crippen molar-refractivity contribution >= 4 is 27.1 Å². The fourth-order valence-corrected chi connectivity index (χ4v) is 7.35. The molecule has 1 aliphatic carbocycles. The van der Waals surface area contributed by atoms with Gasteiger partial charge in [0.2, 0.25) is 0 Å². The molecule has 0 saturated heterocycles. The molecule has 1 amide bonds. The van der Waals surface area contributed by atoms with Crippen molar-refractivity contribution in [2.75, 3.05) is 12.3 Å². The quantitative estimate of drug-likeness (QED) is 0.334. The largest absolute Gasteiger partial charge is 0.391 e. The first-order valence-corrected chi connectivity index (χ1v) is 15.3. The molecule has 0 unspecified atom stereocenters. The SMILES string of the molecule is C.C.C.CCS(=O)(=O)c1ccc(CNC(=O)c2nc3c(s2)CN(CC2CCC(C(F)(F)F)CC2)[C@H]3C(C)C)cc1. The fourth-order valence-electron chi connectivity index (χ4n) is 5.42. The smallest absolute Gasteiger partial charge is 0.346 e. The molecule has 0 radical (unpaired) electrons. The zero-order valence-electron chi connectivity index (χ0n) is 21.3. The lowest BCUT2D eigenvalue weighted by Crippen LogP contribution is -2.35. The van der Waals surface area contributed by atoms with Gasteiger partial charge >= 0.3 is 6.18 Å². The highest BCUT2D eigenvalue weighted by Gasteiger charge is 2.43. The number of benzene rings is 1. The summed E-state index contributed by atoms with van der Waals surface area (Å²) < 4.78 is 63.0. The number of alkyl halides is 3. The number of hydrogen-bond donors (Lipinski definition) is 1. The lowest BCUT2D eigenvalue weighted by atomic mass is 9.81. The van der Waals surface area contributed by atoms with Gasteiger partial charge in [0.1, 0.15) is 0 Å². The predicted octanol–water partition coefficient (Wildman–Crippen LogP) is 7.66. The molecule has 40 heavy (non-hydrogen) atoms. The predicted molar refractivity (Wildman–Crippen MR) is 157 cm³/mol. The number of carbonyl (C=O) groups excluding carboxylic acids is 1. The minimum absolute atomic E-state index is 0. The highest BCUT2D eigenvalue weighted by atomic mass is 32.2. The van der Waals surface area contributed by atoms with Crippen LogP contribution in [-0.2, 0) is 22.9 Å². The van der Waals surface area contributed by atoms with Crippen LogP contribution in [0.3, 0.4) is 0 Å². The summed E-state index contributed by atoms with van der Waals surface area (Å²) in [4.78, 5) is 21.1. The van der Waals surface area contributed by atoms with Gasteiger partial charge in [-0.2, -0.15) is 13.2 Å². The third-order valence-corrected chi connectivity index (χ3v) is 10.3. The average Bonchev–Trinajstić information content (AvgIpc) is 3.40. The molecule has 0 bridgehead atoms. The van der Waals surface area contributed by atoms with Crippen LogP contribution >= 0.6 is 11.3 Å². The Hall–Kier alpha value is -1.98. The molecule has 1 aromatic heterocycles. The summed E-state index contributed by atoms with van der Waals surface area (Å²) in [7, 11) is -3.27. The van der Waals surface area contributed by atoms with E-state index in [0.717, 1.165) is 22.7 Å². The summed E-state index contributed by atoms with van der Waals surface area (Å²) in [6.45, 7) is 7.48. The van der Waals surface area contributed by atoms with Gasteiger partial charge in [-0.15, -0.1) is 11.3 Å². The van der Waals surface area contributed by atoms with Crippen LogP contribution in [0.1, 0.15) is 101 Å². The normalized spacial score (nSPS) is 21.1. The van der Waals surface area contributed by atoms with E-state index in [1.54, 1.807) is 31.2 Å². The van der Waals surface area contributed by atoms with Crippen LogP contribution in [0.5, 0.6) is 0 Å². The highest BCUT2D eigenvalue weighted by molar-refractivity contribution is 7.91. The highest BCUT2D eigenvalue weighted by Crippen LogP contribution is 2.44. The van der Waals surface area contributed by atoms with Gasteiger partial charge in [0.15, 0.2) is 14.8 Å². The second-order valence-electron chi connectivity index (χ2n) is 10.4. The maximum absolute atomic E-state index is 13.0. The first kappa shape index (κ1) is 36.0. The number of amides is 1. The molecule has 2 heterocycles. The molecule has 1 atom stereocenters. The fraction of sp³-hybridized carbons (Fsp3) is 0.655. The number of aromatic nitrogens is 1. The maximum Gasteiger partial charge on any atom is 0.391 e. The van der Waals surface area contributed by atoms with Crippen LogP contribution in [0.2, 0.25) is 0 Å². The lowest BCUT2D eigenvalue weighted by Gasteiger charge is -2.35. The molecule has 2 aliphatic rings. The molecule has 228 valence electrons. The van der Waals surface area contributed by atoms with Crippen LogP contribution in [0.25, 0.3) is 0 Å². The van der Waals surface area contributed by atoms with Crippen molar-refractivity contribution in [3.05, 3.63) is 45.4 Å². The second kappa shape index (κ2) is 14.3. The minimum atomic E-state index is -4.09. The standard InChI is InChI=1S/C26H34F3N3O3S2.3CH4/c1-4-37(34,35)20-11-7-17(8-12-20)13-30-24(33)25-31-22-21(36-25)15-32(23(22)16(2)3)14-18-5-9-19(10-6-18)26(27,28)29;;;/h7-8,11-12,16,18-19,23H,4-6,9-10,13-15H2,1-3H3,(H,30,33);3*1H4/t18?,19?,23-;;;/m0.../s1. The molecule has 1 saturated carbocycles. The first-order chi connectivity index (χ1) is 17.4. The summed E-state index contributed by atoms with van der Waals surface area (Å²) in [6.07, 6.45) is -2.51. The maximum atomic E-state index is 13.0. The number of hydrogen-bond acceptors (Lipinski definition) is 6. The molecule has 2 aromatic rings. The molecular formula is C29H46F3N3O3S2. The number of fused-ring (bicyclic) bond motifs is 1. The number of thiazole rings is 1. The summed E-state index contributed by atoms with van der Waals surface area (Å²) in [5.41, 5.74) is 1.70. The van der Waals surface area contributed by atoms with Crippen molar-refractivity contribution in [1.82, 2.24) is 15.2 Å². The lowest BCUT2D eigenvalue weighted by molar-refractivity contribution is -0.184. The van der Waals surface area contributed by atoms with Crippen molar-refractivity contribution in [3.8, 4) is 0 Å². The summed E-state index contributed by atoms with van der Waals surface area (Å²) in [5.74, 6) is -0.913. The molecule has 4 rings (SSSR count). The molecule has 1 fully saturated rings. The van der Waals surface area contributed by atoms with Gasteiger partial charge in [-0.25, -0.2) is 13.4 Å². The zero-order chi connectivity index (χ0) is 27.0. The van der Waals surface area contributed by atoms with Crippen molar-refractivity contribution in [2.24, 2.45) is 17.8 Å². The summed E-state index contributed by atoms with van der Waals surface area (Å²) >= 11 is 1.37. The minimum Gasteiger partial charge on any atom is -0.346 e. The van der Waals surface area contributed by atoms with Crippen LogP contribution in [-0.4, -0.2) is 42.7 Å². The van der Waals surface area contributed by atoms with Gasteiger partial charge in [-0.1, -0.05) is 55.2 Å². The Morgan fingerprint density at radius 2 is 1.70 bits per heavy atom.